The molecule has 0 radical (unpaired) electrons. The molecule has 1 N–H and O–H groups in total. The van der Waals surface area contributed by atoms with Crippen molar-refractivity contribution in [3.8, 4) is 11.3 Å². The molecule has 0 amide bonds. The van der Waals surface area contributed by atoms with Crippen LogP contribution in [0.5, 0.6) is 0 Å². The fourth-order valence-corrected chi connectivity index (χ4v) is 3.05. The zero-order valence-electron chi connectivity index (χ0n) is 13.1. The molecule has 1 aromatic heterocycles. The summed E-state index contributed by atoms with van der Waals surface area (Å²) < 4.78 is 0. The van der Waals surface area contributed by atoms with Crippen LogP contribution in [0.2, 0.25) is 0 Å². The molecular formula is C20H16N2O. The summed E-state index contributed by atoms with van der Waals surface area (Å²) in [7, 11) is 0. The van der Waals surface area contributed by atoms with Crippen molar-refractivity contribution in [1.82, 2.24) is 9.97 Å². The lowest BCUT2D eigenvalue weighted by molar-refractivity contribution is 1.20. The summed E-state index contributed by atoms with van der Waals surface area (Å²) >= 11 is 0. The molecule has 0 bridgehead atoms. The van der Waals surface area contributed by atoms with Crippen LogP contribution in [0.25, 0.3) is 33.1 Å². The summed E-state index contributed by atoms with van der Waals surface area (Å²) in [4.78, 5) is 20.3. The first-order chi connectivity index (χ1) is 11.1. The van der Waals surface area contributed by atoms with E-state index in [0.29, 0.717) is 5.69 Å². The van der Waals surface area contributed by atoms with E-state index in [4.69, 9.17) is 4.98 Å². The van der Waals surface area contributed by atoms with E-state index in [1.807, 2.05) is 68.4 Å². The first kappa shape index (κ1) is 13.7. The van der Waals surface area contributed by atoms with Crippen LogP contribution in [-0.2, 0) is 0 Å². The highest BCUT2D eigenvalue weighted by Gasteiger charge is 2.12. The van der Waals surface area contributed by atoms with Gasteiger partial charge in [0.15, 0.2) is 0 Å². The lowest BCUT2D eigenvalue weighted by Gasteiger charge is -2.09. The first-order valence-corrected chi connectivity index (χ1v) is 7.63. The molecule has 1 heterocycles. The topological polar surface area (TPSA) is 45.8 Å². The third-order valence-electron chi connectivity index (χ3n) is 4.31. The first-order valence-electron chi connectivity index (χ1n) is 7.63. The predicted molar refractivity (Wildman–Crippen MR) is 94.8 cm³/mol. The van der Waals surface area contributed by atoms with Crippen molar-refractivity contribution in [2.75, 3.05) is 0 Å². The summed E-state index contributed by atoms with van der Waals surface area (Å²) in [6.45, 7) is 4.00. The highest BCUT2D eigenvalue weighted by atomic mass is 16.1. The Balaban J connectivity index is 2.11. The average Bonchev–Trinajstić information content (AvgIpc) is 2.58. The van der Waals surface area contributed by atoms with E-state index in [0.717, 1.165) is 38.5 Å². The van der Waals surface area contributed by atoms with E-state index < -0.39 is 0 Å². The van der Waals surface area contributed by atoms with Crippen molar-refractivity contribution in [1.29, 1.82) is 0 Å². The van der Waals surface area contributed by atoms with Crippen LogP contribution >= 0.6 is 0 Å². The molecule has 0 fully saturated rings. The zero-order chi connectivity index (χ0) is 16.0. The lowest BCUT2D eigenvalue weighted by Crippen LogP contribution is -2.12. The monoisotopic (exact) mass is 300 g/mol. The van der Waals surface area contributed by atoms with Crippen LogP contribution in [0.15, 0.2) is 59.4 Å². The largest absolute Gasteiger partial charge is 0.318 e. The Morgan fingerprint density at radius 3 is 2.48 bits per heavy atom. The molecule has 0 unspecified atom stereocenters. The summed E-state index contributed by atoms with van der Waals surface area (Å²) in [5.74, 6) is 0. The van der Waals surface area contributed by atoms with E-state index in [2.05, 4.69) is 4.98 Å². The molecule has 0 aliphatic rings. The zero-order valence-corrected chi connectivity index (χ0v) is 13.1. The summed E-state index contributed by atoms with van der Waals surface area (Å²) in [6, 6.07) is 18.1. The van der Waals surface area contributed by atoms with Gasteiger partial charge in [-0.3, -0.25) is 4.79 Å². The highest BCUT2D eigenvalue weighted by molar-refractivity contribution is 5.96. The molecule has 23 heavy (non-hydrogen) atoms. The van der Waals surface area contributed by atoms with Crippen LogP contribution in [0.4, 0.5) is 0 Å². The molecule has 0 aliphatic heterocycles. The van der Waals surface area contributed by atoms with Gasteiger partial charge in [0.1, 0.15) is 5.69 Å². The van der Waals surface area contributed by atoms with Gasteiger partial charge in [0, 0.05) is 5.56 Å². The Hall–Kier alpha value is -2.94. The van der Waals surface area contributed by atoms with Crippen LogP contribution in [0, 0.1) is 13.8 Å². The number of rotatable bonds is 1. The molecule has 0 aliphatic carbocycles. The van der Waals surface area contributed by atoms with Crippen molar-refractivity contribution in [2.45, 2.75) is 13.8 Å². The maximum atomic E-state index is 12.6. The normalized spacial score (nSPS) is 11.2. The number of nitrogens with one attached hydrogen (secondary N) is 1. The van der Waals surface area contributed by atoms with Gasteiger partial charge in [-0.25, -0.2) is 4.98 Å². The smallest absolute Gasteiger partial charge is 0.274 e. The van der Waals surface area contributed by atoms with Crippen molar-refractivity contribution in [3.05, 3.63) is 76.1 Å². The molecule has 3 heteroatoms. The van der Waals surface area contributed by atoms with E-state index in [9.17, 15) is 4.79 Å². The quantitative estimate of drug-likeness (QED) is 0.567. The number of H-pyrrole nitrogens is 1. The average molecular weight is 300 g/mol. The van der Waals surface area contributed by atoms with Crippen molar-refractivity contribution in [2.24, 2.45) is 0 Å². The maximum Gasteiger partial charge on any atom is 0.274 e. The van der Waals surface area contributed by atoms with E-state index in [1.54, 1.807) is 0 Å². The Bertz CT molecular complexity index is 1100. The summed E-state index contributed by atoms with van der Waals surface area (Å²) in [5, 5.41) is 2.14. The van der Waals surface area contributed by atoms with Crippen LogP contribution in [0.3, 0.4) is 0 Å². The Labute approximate surface area is 133 Å². The molecule has 0 atom stereocenters. The predicted octanol–water partition coefficient (Wildman–Crippen LogP) is 4.36. The van der Waals surface area contributed by atoms with E-state index in [1.165, 1.54) is 0 Å². The second-order valence-electron chi connectivity index (χ2n) is 5.86. The second kappa shape index (κ2) is 5.06. The minimum atomic E-state index is -0.150. The number of aryl methyl sites for hydroxylation is 2. The summed E-state index contributed by atoms with van der Waals surface area (Å²) in [5.41, 5.74) is 4.95. The van der Waals surface area contributed by atoms with Gasteiger partial charge < -0.3 is 4.98 Å². The van der Waals surface area contributed by atoms with Gasteiger partial charge in [0.2, 0.25) is 0 Å². The van der Waals surface area contributed by atoms with Gasteiger partial charge >= 0.3 is 0 Å². The van der Waals surface area contributed by atoms with Crippen LogP contribution in [0.1, 0.15) is 11.1 Å². The highest BCUT2D eigenvalue weighted by Crippen LogP contribution is 2.27. The van der Waals surface area contributed by atoms with Crippen molar-refractivity contribution >= 4 is 21.8 Å². The van der Waals surface area contributed by atoms with Gasteiger partial charge in [-0.15, -0.1) is 0 Å². The Kier molecular flexibility index (Phi) is 3.01. The standard InChI is InChI=1S/C20H16N2O/c1-12-10-11-13(2)18-17(12)21-19(20(23)22-18)16-9-5-7-14-6-3-4-8-15(14)16/h3-11H,1-2H3,(H,22,23). The Morgan fingerprint density at radius 1 is 0.870 bits per heavy atom. The molecule has 112 valence electrons. The SMILES string of the molecule is Cc1ccc(C)c2[nH]c(=O)c(-c3cccc4ccccc34)nc12. The Morgan fingerprint density at radius 2 is 1.61 bits per heavy atom. The van der Waals surface area contributed by atoms with Crippen LogP contribution < -0.4 is 5.56 Å². The van der Waals surface area contributed by atoms with Crippen LogP contribution in [-0.4, -0.2) is 9.97 Å². The molecule has 0 spiro atoms. The minimum Gasteiger partial charge on any atom is -0.318 e. The number of nitrogens with zero attached hydrogens (tertiary/aromatic N) is 1. The fourth-order valence-electron chi connectivity index (χ4n) is 3.05. The molecular weight excluding hydrogens is 284 g/mol. The van der Waals surface area contributed by atoms with Gasteiger partial charge in [0.25, 0.3) is 5.56 Å². The lowest BCUT2D eigenvalue weighted by atomic mass is 10.0. The second-order valence-corrected chi connectivity index (χ2v) is 5.86. The fraction of sp³-hybridized carbons (Fsp3) is 0.100. The number of benzene rings is 3. The number of fused-ring (bicyclic) bond motifs is 2. The molecule has 0 saturated carbocycles. The molecule has 3 nitrogen and oxygen atoms in total. The third kappa shape index (κ3) is 2.13. The number of hydrogen-bond acceptors (Lipinski definition) is 2. The third-order valence-corrected chi connectivity index (χ3v) is 4.31. The summed E-state index contributed by atoms with van der Waals surface area (Å²) in [6.07, 6.45) is 0. The van der Waals surface area contributed by atoms with Crippen molar-refractivity contribution in [3.63, 3.8) is 0 Å². The molecule has 0 saturated heterocycles. The number of aromatic amines is 1. The van der Waals surface area contributed by atoms with Gasteiger partial charge in [-0.1, -0.05) is 54.6 Å². The number of aromatic nitrogens is 2. The van der Waals surface area contributed by atoms with Gasteiger partial charge in [-0.2, -0.15) is 0 Å². The van der Waals surface area contributed by atoms with E-state index >= 15 is 0 Å². The van der Waals surface area contributed by atoms with Gasteiger partial charge in [0.05, 0.1) is 11.0 Å². The number of hydrogen-bond donors (Lipinski definition) is 1. The molecule has 4 rings (SSSR count). The molecule has 4 aromatic rings. The van der Waals surface area contributed by atoms with E-state index in [-0.39, 0.29) is 5.56 Å². The minimum absolute atomic E-state index is 0.150. The maximum absolute atomic E-state index is 12.6. The van der Waals surface area contributed by atoms with Gasteiger partial charge in [-0.05, 0) is 35.7 Å². The van der Waals surface area contributed by atoms with Crippen molar-refractivity contribution < 1.29 is 0 Å². The molecule has 3 aromatic carbocycles.